The smallest absolute Gasteiger partial charge is 0.323 e. The number of ether oxygens (including phenoxy) is 1. The van der Waals surface area contributed by atoms with E-state index in [0.717, 1.165) is 38.8 Å². The Morgan fingerprint density at radius 2 is 1.94 bits per heavy atom. The molecule has 2 rings (SSSR count). The summed E-state index contributed by atoms with van der Waals surface area (Å²) in [5, 5.41) is 3.06. The van der Waals surface area contributed by atoms with Gasteiger partial charge in [0.2, 0.25) is 5.91 Å². The highest BCUT2D eigenvalue weighted by molar-refractivity contribution is 5.81. The van der Waals surface area contributed by atoms with E-state index in [0.29, 0.717) is 5.92 Å². The molecule has 102 valence electrons. The van der Waals surface area contributed by atoms with Crippen LogP contribution >= 0.6 is 0 Å². The average molecular weight is 254 g/mol. The van der Waals surface area contributed by atoms with Gasteiger partial charge in [-0.05, 0) is 38.0 Å². The number of piperidine rings is 1. The minimum Gasteiger partial charge on any atom is -0.468 e. The molecular weight excluding hydrogens is 232 g/mol. The molecule has 0 aromatic carbocycles. The van der Waals surface area contributed by atoms with Gasteiger partial charge in [-0.3, -0.25) is 14.9 Å². The maximum Gasteiger partial charge on any atom is 0.323 e. The van der Waals surface area contributed by atoms with Crippen molar-refractivity contribution in [3.8, 4) is 0 Å². The molecule has 1 N–H and O–H groups in total. The number of likely N-dealkylation sites (tertiary alicyclic amines) is 1. The van der Waals surface area contributed by atoms with E-state index in [4.69, 9.17) is 4.74 Å². The second-order valence-electron chi connectivity index (χ2n) is 5.16. The molecule has 5 nitrogen and oxygen atoms in total. The average Bonchev–Trinajstić information content (AvgIpc) is 3.24. The summed E-state index contributed by atoms with van der Waals surface area (Å²) in [4.78, 5) is 25.4. The van der Waals surface area contributed by atoms with E-state index in [2.05, 4.69) is 5.32 Å². The Hall–Kier alpha value is -1.10. The highest BCUT2D eigenvalue weighted by atomic mass is 16.5. The zero-order chi connectivity index (χ0) is 13.0. The van der Waals surface area contributed by atoms with E-state index in [1.54, 1.807) is 0 Å². The van der Waals surface area contributed by atoms with Gasteiger partial charge in [0.05, 0.1) is 13.7 Å². The van der Waals surface area contributed by atoms with Crippen molar-refractivity contribution in [3.05, 3.63) is 0 Å². The van der Waals surface area contributed by atoms with Crippen molar-refractivity contribution < 1.29 is 14.3 Å². The first-order valence-corrected chi connectivity index (χ1v) is 6.81. The topological polar surface area (TPSA) is 58.6 Å². The van der Waals surface area contributed by atoms with Crippen LogP contribution in [0.3, 0.4) is 0 Å². The molecular formula is C13H22N2O3. The molecule has 1 aliphatic carbocycles. The fourth-order valence-corrected chi connectivity index (χ4v) is 2.45. The molecule has 1 unspecified atom stereocenters. The van der Waals surface area contributed by atoms with E-state index in [-0.39, 0.29) is 24.5 Å². The fourth-order valence-electron chi connectivity index (χ4n) is 2.45. The third-order valence-electron chi connectivity index (χ3n) is 3.73. The van der Waals surface area contributed by atoms with Gasteiger partial charge in [0, 0.05) is 13.1 Å². The van der Waals surface area contributed by atoms with E-state index < -0.39 is 0 Å². The van der Waals surface area contributed by atoms with E-state index >= 15 is 0 Å². The van der Waals surface area contributed by atoms with E-state index in [9.17, 15) is 9.59 Å². The molecule has 0 bridgehead atoms. The predicted molar refractivity (Wildman–Crippen MR) is 67.0 cm³/mol. The number of rotatable bonds is 5. The van der Waals surface area contributed by atoms with Crippen LogP contribution in [-0.2, 0) is 14.3 Å². The Morgan fingerprint density at radius 1 is 1.28 bits per heavy atom. The van der Waals surface area contributed by atoms with Crippen LogP contribution in [0.5, 0.6) is 0 Å². The Kier molecular flexibility index (Phi) is 4.58. The van der Waals surface area contributed by atoms with Gasteiger partial charge in [0.15, 0.2) is 0 Å². The van der Waals surface area contributed by atoms with Gasteiger partial charge in [0.1, 0.15) is 6.04 Å². The van der Waals surface area contributed by atoms with Crippen LogP contribution < -0.4 is 5.32 Å². The van der Waals surface area contributed by atoms with Crippen molar-refractivity contribution in [2.24, 2.45) is 5.92 Å². The van der Waals surface area contributed by atoms with Crippen molar-refractivity contribution in [1.29, 1.82) is 0 Å². The van der Waals surface area contributed by atoms with Crippen LogP contribution in [0, 0.1) is 5.92 Å². The summed E-state index contributed by atoms with van der Waals surface area (Å²) in [7, 11) is 1.39. The minimum absolute atomic E-state index is 0.101. The second-order valence-corrected chi connectivity index (χ2v) is 5.16. The van der Waals surface area contributed by atoms with Crippen molar-refractivity contribution in [1.82, 2.24) is 10.2 Å². The number of hydrogen-bond acceptors (Lipinski definition) is 4. The number of esters is 1. The standard InChI is InChI=1S/C13H22N2O3/c1-18-13(17)12(10-5-6-10)14-9-11(16)15-7-3-2-4-8-15/h10,12,14H,2-9H2,1H3. The lowest BCUT2D eigenvalue weighted by Gasteiger charge is -2.27. The molecule has 5 heteroatoms. The highest BCUT2D eigenvalue weighted by Gasteiger charge is 2.37. The minimum atomic E-state index is -0.302. The van der Waals surface area contributed by atoms with E-state index in [1.165, 1.54) is 13.5 Å². The SMILES string of the molecule is COC(=O)C(NCC(=O)N1CCCCC1)C1CC1. The lowest BCUT2D eigenvalue weighted by Crippen LogP contribution is -2.47. The van der Waals surface area contributed by atoms with Crippen molar-refractivity contribution >= 4 is 11.9 Å². The lowest BCUT2D eigenvalue weighted by atomic mass is 10.1. The van der Waals surface area contributed by atoms with Gasteiger partial charge < -0.3 is 9.64 Å². The number of carbonyl (C=O) groups excluding carboxylic acids is 2. The molecule has 1 aliphatic heterocycles. The number of hydrogen-bond donors (Lipinski definition) is 1. The van der Waals surface area contributed by atoms with Gasteiger partial charge >= 0.3 is 5.97 Å². The van der Waals surface area contributed by atoms with Crippen molar-refractivity contribution in [2.75, 3.05) is 26.7 Å². The molecule has 2 fully saturated rings. The van der Waals surface area contributed by atoms with E-state index in [1.807, 2.05) is 4.90 Å². The van der Waals surface area contributed by atoms with Crippen LogP contribution in [0.15, 0.2) is 0 Å². The molecule has 1 saturated heterocycles. The molecule has 0 radical (unpaired) electrons. The van der Waals surface area contributed by atoms with Crippen LogP contribution in [0.25, 0.3) is 0 Å². The summed E-state index contributed by atoms with van der Waals surface area (Å²) in [6, 6.07) is -0.302. The lowest BCUT2D eigenvalue weighted by molar-refractivity contribution is -0.144. The summed E-state index contributed by atoms with van der Waals surface area (Å²) in [5.74, 6) is 0.208. The first-order valence-electron chi connectivity index (χ1n) is 6.81. The summed E-state index contributed by atoms with van der Waals surface area (Å²) in [6.07, 6.45) is 5.49. The molecule has 1 saturated carbocycles. The first kappa shape index (κ1) is 13.3. The van der Waals surface area contributed by atoms with Gasteiger partial charge in [-0.2, -0.15) is 0 Å². The summed E-state index contributed by atoms with van der Waals surface area (Å²) < 4.78 is 4.77. The van der Waals surface area contributed by atoms with Crippen LogP contribution in [0.4, 0.5) is 0 Å². The van der Waals surface area contributed by atoms with Crippen LogP contribution in [0.2, 0.25) is 0 Å². The summed E-state index contributed by atoms with van der Waals surface area (Å²) in [5.41, 5.74) is 0. The summed E-state index contributed by atoms with van der Waals surface area (Å²) >= 11 is 0. The molecule has 1 amide bonds. The van der Waals surface area contributed by atoms with Crippen molar-refractivity contribution in [3.63, 3.8) is 0 Å². The molecule has 18 heavy (non-hydrogen) atoms. The number of amides is 1. The Labute approximate surface area is 108 Å². The Balaban J connectivity index is 1.77. The van der Waals surface area contributed by atoms with Gasteiger partial charge in [-0.15, -0.1) is 0 Å². The number of carbonyl (C=O) groups is 2. The third-order valence-corrected chi connectivity index (χ3v) is 3.73. The molecule has 1 heterocycles. The normalized spacial score (nSPS) is 21.5. The number of methoxy groups -OCH3 is 1. The Bertz CT molecular complexity index is 309. The molecule has 0 aromatic heterocycles. The van der Waals surface area contributed by atoms with Gasteiger partial charge in [-0.25, -0.2) is 0 Å². The fraction of sp³-hybridized carbons (Fsp3) is 0.846. The third kappa shape index (κ3) is 3.45. The number of nitrogens with zero attached hydrogens (tertiary/aromatic N) is 1. The first-order chi connectivity index (χ1) is 8.72. The molecule has 0 spiro atoms. The Morgan fingerprint density at radius 3 is 2.50 bits per heavy atom. The maximum atomic E-state index is 12.0. The molecule has 0 aromatic rings. The second kappa shape index (κ2) is 6.18. The van der Waals surface area contributed by atoms with Crippen molar-refractivity contribution in [2.45, 2.75) is 38.1 Å². The molecule has 2 aliphatic rings. The number of nitrogens with one attached hydrogen (secondary N) is 1. The van der Waals surface area contributed by atoms with Gasteiger partial charge in [-0.1, -0.05) is 0 Å². The highest BCUT2D eigenvalue weighted by Crippen LogP contribution is 2.33. The van der Waals surface area contributed by atoms with Crippen LogP contribution in [0.1, 0.15) is 32.1 Å². The zero-order valence-electron chi connectivity index (χ0n) is 11.0. The zero-order valence-corrected chi connectivity index (χ0v) is 11.0. The monoisotopic (exact) mass is 254 g/mol. The predicted octanol–water partition coefficient (Wildman–Crippen LogP) is 0.540. The van der Waals surface area contributed by atoms with Crippen LogP contribution in [-0.4, -0.2) is 49.6 Å². The largest absolute Gasteiger partial charge is 0.468 e. The molecule has 1 atom stereocenters. The van der Waals surface area contributed by atoms with Gasteiger partial charge in [0.25, 0.3) is 0 Å². The quantitative estimate of drug-likeness (QED) is 0.728. The maximum absolute atomic E-state index is 12.0. The summed E-state index contributed by atoms with van der Waals surface area (Å²) in [6.45, 7) is 1.95.